The van der Waals surface area contributed by atoms with Gasteiger partial charge in [-0.05, 0) is 36.4 Å². The van der Waals surface area contributed by atoms with Gasteiger partial charge in [0, 0.05) is 10.6 Å². The molecule has 0 spiro atoms. The van der Waals surface area contributed by atoms with Crippen molar-refractivity contribution in [3.8, 4) is 0 Å². The number of halogens is 2. The van der Waals surface area contributed by atoms with Crippen LogP contribution in [0.25, 0.3) is 0 Å². The van der Waals surface area contributed by atoms with Crippen molar-refractivity contribution in [3.63, 3.8) is 0 Å². The third kappa shape index (κ3) is 3.08. The molecule has 0 radical (unpaired) electrons. The Balaban J connectivity index is 2.37. The molecule has 0 aromatic heterocycles. The molecule has 0 bridgehead atoms. The van der Waals surface area contributed by atoms with Crippen molar-refractivity contribution in [1.82, 2.24) is 0 Å². The van der Waals surface area contributed by atoms with Crippen molar-refractivity contribution in [3.05, 3.63) is 53.6 Å². The molecule has 0 aliphatic rings. The maximum absolute atomic E-state index is 13.6. The lowest BCUT2D eigenvalue weighted by Gasteiger charge is -2.08. The Kier molecular flexibility index (Phi) is 4.24. The Morgan fingerprint density at radius 3 is 2.60 bits per heavy atom. The van der Waals surface area contributed by atoms with Gasteiger partial charge in [-0.2, -0.15) is 0 Å². The van der Waals surface area contributed by atoms with E-state index in [2.05, 4.69) is 4.74 Å². The second-order valence-corrected chi connectivity index (χ2v) is 5.00. The summed E-state index contributed by atoms with van der Waals surface area (Å²) in [5.41, 5.74) is 6.44. The van der Waals surface area contributed by atoms with Crippen molar-refractivity contribution >= 4 is 23.4 Å². The zero-order valence-corrected chi connectivity index (χ0v) is 11.3. The number of benzene rings is 2. The first kappa shape index (κ1) is 14.3. The third-order valence-corrected chi connectivity index (χ3v) is 3.65. The van der Waals surface area contributed by atoms with Gasteiger partial charge in [0.1, 0.15) is 11.6 Å². The van der Waals surface area contributed by atoms with E-state index >= 15 is 0 Å². The predicted molar refractivity (Wildman–Crippen MR) is 72.7 cm³/mol. The SMILES string of the molecule is COC(=O)c1ccc(N)c(Sc2cc(F)ccc2F)c1. The summed E-state index contributed by atoms with van der Waals surface area (Å²) in [5, 5.41) is 0. The van der Waals surface area contributed by atoms with E-state index in [-0.39, 0.29) is 4.90 Å². The maximum Gasteiger partial charge on any atom is 0.337 e. The number of hydrogen-bond acceptors (Lipinski definition) is 4. The van der Waals surface area contributed by atoms with Gasteiger partial charge in [0.2, 0.25) is 0 Å². The quantitative estimate of drug-likeness (QED) is 0.695. The van der Waals surface area contributed by atoms with E-state index in [0.29, 0.717) is 16.1 Å². The molecule has 3 nitrogen and oxygen atoms in total. The minimum absolute atomic E-state index is 0.0960. The van der Waals surface area contributed by atoms with Crippen LogP contribution >= 0.6 is 11.8 Å². The van der Waals surface area contributed by atoms with E-state index in [0.717, 1.165) is 30.0 Å². The van der Waals surface area contributed by atoms with E-state index in [1.54, 1.807) is 0 Å². The largest absolute Gasteiger partial charge is 0.465 e. The number of hydrogen-bond donors (Lipinski definition) is 1. The Morgan fingerprint density at radius 2 is 1.90 bits per heavy atom. The minimum atomic E-state index is -0.556. The molecule has 0 aliphatic heterocycles. The van der Waals surface area contributed by atoms with Gasteiger partial charge in [0.15, 0.2) is 0 Å². The molecule has 2 rings (SSSR count). The number of anilines is 1. The highest BCUT2D eigenvalue weighted by Crippen LogP contribution is 2.34. The first-order valence-electron chi connectivity index (χ1n) is 5.62. The van der Waals surface area contributed by atoms with Crippen molar-refractivity contribution in [1.29, 1.82) is 0 Å². The number of carbonyl (C=O) groups is 1. The van der Waals surface area contributed by atoms with Crippen molar-refractivity contribution in [2.45, 2.75) is 9.79 Å². The number of ether oxygens (including phenoxy) is 1. The van der Waals surface area contributed by atoms with Crippen LogP contribution in [0.4, 0.5) is 14.5 Å². The molecule has 2 aromatic carbocycles. The number of carbonyl (C=O) groups excluding carboxylic acids is 1. The van der Waals surface area contributed by atoms with Crippen molar-refractivity contribution < 1.29 is 18.3 Å². The van der Waals surface area contributed by atoms with Crippen LogP contribution < -0.4 is 5.73 Å². The minimum Gasteiger partial charge on any atom is -0.465 e. The van der Waals surface area contributed by atoms with Gasteiger partial charge in [0.05, 0.1) is 17.6 Å². The second kappa shape index (κ2) is 5.92. The number of nitrogen functional groups attached to an aromatic ring is 1. The van der Waals surface area contributed by atoms with Crippen LogP contribution in [-0.2, 0) is 4.74 Å². The summed E-state index contributed by atoms with van der Waals surface area (Å²) in [5.74, 6) is -1.62. The molecule has 0 heterocycles. The van der Waals surface area contributed by atoms with E-state index < -0.39 is 17.6 Å². The molecule has 0 unspecified atom stereocenters. The van der Waals surface area contributed by atoms with Crippen LogP contribution in [0, 0.1) is 11.6 Å². The summed E-state index contributed by atoms with van der Waals surface area (Å²) in [7, 11) is 1.26. The first-order chi connectivity index (χ1) is 9.51. The van der Waals surface area contributed by atoms with Crippen LogP contribution in [0.15, 0.2) is 46.2 Å². The highest BCUT2D eigenvalue weighted by atomic mass is 32.2. The van der Waals surface area contributed by atoms with Crippen molar-refractivity contribution in [2.75, 3.05) is 12.8 Å². The van der Waals surface area contributed by atoms with Gasteiger partial charge in [-0.1, -0.05) is 11.8 Å². The number of methoxy groups -OCH3 is 1. The zero-order chi connectivity index (χ0) is 14.7. The Morgan fingerprint density at radius 1 is 1.15 bits per heavy atom. The first-order valence-corrected chi connectivity index (χ1v) is 6.43. The van der Waals surface area contributed by atoms with Gasteiger partial charge >= 0.3 is 5.97 Å². The molecule has 2 aromatic rings. The highest BCUT2D eigenvalue weighted by molar-refractivity contribution is 7.99. The van der Waals surface area contributed by atoms with Crippen LogP contribution in [0.1, 0.15) is 10.4 Å². The second-order valence-electron chi connectivity index (χ2n) is 3.92. The Hall–Kier alpha value is -2.08. The van der Waals surface area contributed by atoms with Gasteiger partial charge in [-0.25, -0.2) is 13.6 Å². The van der Waals surface area contributed by atoms with E-state index in [1.807, 2.05) is 0 Å². The third-order valence-electron chi connectivity index (χ3n) is 2.55. The molecular weight excluding hydrogens is 284 g/mol. The van der Waals surface area contributed by atoms with Crippen LogP contribution in [0.2, 0.25) is 0 Å². The summed E-state index contributed by atoms with van der Waals surface area (Å²) in [6.45, 7) is 0. The lowest BCUT2D eigenvalue weighted by molar-refractivity contribution is 0.0600. The van der Waals surface area contributed by atoms with Crippen LogP contribution in [0.3, 0.4) is 0 Å². The van der Waals surface area contributed by atoms with Gasteiger partial charge in [0.25, 0.3) is 0 Å². The normalized spacial score (nSPS) is 10.3. The lowest BCUT2D eigenvalue weighted by Crippen LogP contribution is -2.02. The van der Waals surface area contributed by atoms with Gasteiger partial charge in [-0.3, -0.25) is 0 Å². The van der Waals surface area contributed by atoms with Crippen LogP contribution in [-0.4, -0.2) is 13.1 Å². The van der Waals surface area contributed by atoms with Gasteiger partial charge < -0.3 is 10.5 Å². The molecule has 20 heavy (non-hydrogen) atoms. The Labute approximate surface area is 118 Å². The molecule has 104 valence electrons. The zero-order valence-electron chi connectivity index (χ0n) is 10.5. The fourth-order valence-corrected chi connectivity index (χ4v) is 2.49. The molecule has 0 aliphatic carbocycles. The van der Waals surface area contributed by atoms with Crippen molar-refractivity contribution in [2.24, 2.45) is 0 Å². The molecule has 0 fully saturated rings. The van der Waals surface area contributed by atoms with E-state index in [4.69, 9.17) is 5.73 Å². The molecule has 0 saturated carbocycles. The summed E-state index contributed by atoms with van der Waals surface area (Å²) >= 11 is 0.949. The standard InChI is InChI=1S/C14H11F2NO2S/c1-19-14(18)8-2-5-11(17)13(6-8)20-12-7-9(15)3-4-10(12)16/h2-7H,17H2,1H3. The number of rotatable bonds is 3. The summed E-state index contributed by atoms with van der Waals surface area (Å²) in [6.07, 6.45) is 0. The summed E-state index contributed by atoms with van der Waals surface area (Å²) in [6, 6.07) is 7.66. The monoisotopic (exact) mass is 295 g/mol. The lowest BCUT2D eigenvalue weighted by atomic mass is 10.2. The predicted octanol–water partition coefficient (Wildman–Crippen LogP) is 3.48. The van der Waals surface area contributed by atoms with E-state index in [1.165, 1.54) is 25.3 Å². The highest BCUT2D eigenvalue weighted by Gasteiger charge is 2.12. The summed E-state index contributed by atoms with van der Waals surface area (Å²) < 4.78 is 31.3. The molecule has 2 N–H and O–H groups in total. The average Bonchev–Trinajstić information content (AvgIpc) is 2.44. The topological polar surface area (TPSA) is 52.3 Å². The Bertz CT molecular complexity index is 662. The molecule has 0 saturated heterocycles. The summed E-state index contributed by atoms with van der Waals surface area (Å²) in [4.78, 5) is 12.0. The molecular formula is C14H11F2NO2S. The number of esters is 1. The molecule has 0 atom stereocenters. The molecule has 6 heteroatoms. The van der Waals surface area contributed by atoms with Crippen LogP contribution in [0.5, 0.6) is 0 Å². The molecule has 0 amide bonds. The maximum atomic E-state index is 13.6. The smallest absolute Gasteiger partial charge is 0.337 e. The van der Waals surface area contributed by atoms with E-state index in [9.17, 15) is 13.6 Å². The fraction of sp³-hybridized carbons (Fsp3) is 0.0714. The number of nitrogens with two attached hydrogens (primary N) is 1. The average molecular weight is 295 g/mol. The van der Waals surface area contributed by atoms with Gasteiger partial charge in [-0.15, -0.1) is 0 Å². The fourth-order valence-electron chi connectivity index (χ4n) is 1.54.